The number of methoxy groups -OCH3 is 1. The normalized spacial score (nSPS) is 10.8. The monoisotopic (exact) mass is 352 g/mol. The van der Waals surface area contributed by atoms with Gasteiger partial charge in [-0.3, -0.25) is 0 Å². The van der Waals surface area contributed by atoms with E-state index in [9.17, 15) is 4.39 Å². The number of benzene rings is 2. The second kappa shape index (κ2) is 5.38. The molecule has 0 atom stereocenters. The standard InChI is InChI=1S/C14H10BrFN2OS/c1-19-9-3-5-12-13(7-9)20-14(18-12)17-8-2-4-10(15)11(16)6-8/h2-7H,1H3,(H,17,18). The van der Waals surface area contributed by atoms with Crippen molar-refractivity contribution in [1.29, 1.82) is 0 Å². The molecular formula is C14H10BrFN2OS. The minimum Gasteiger partial charge on any atom is -0.497 e. The second-order valence-corrected chi connectivity index (χ2v) is 5.99. The molecule has 3 nitrogen and oxygen atoms in total. The van der Waals surface area contributed by atoms with E-state index >= 15 is 0 Å². The molecule has 1 N–H and O–H groups in total. The van der Waals surface area contributed by atoms with E-state index in [1.54, 1.807) is 19.2 Å². The number of hydrogen-bond donors (Lipinski definition) is 1. The Balaban J connectivity index is 1.92. The second-order valence-electron chi connectivity index (χ2n) is 4.11. The number of halogens is 2. The van der Waals surface area contributed by atoms with Crippen LogP contribution in [-0.4, -0.2) is 12.1 Å². The highest BCUT2D eigenvalue weighted by Gasteiger charge is 2.07. The summed E-state index contributed by atoms with van der Waals surface area (Å²) in [5, 5.41) is 3.82. The van der Waals surface area contributed by atoms with Gasteiger partial charge >= 0.3 is 0 Å². The van der Waals surface area contributed by atoms with E-state index in [1.165, 1.54) is 17.4 Å². The molecule has 6 heteroatoms. The first-order valence-corrected chi connectivity index (χ1v) is 7.43. The van der Waals surface area contributed by atoms with Gasteiger partial charge in [-0.05, 0) is 52.3 Å². The van der Waals surface area contributed by atoms with Crippen LogP contribution in [-0.2, 0) is 0 Å². The maximum atomic E-state index is 13.5. The summed E-state index contributed by atoms with van der Waals surface area (Å²) < 4.78 is 20.1. The zero-order chi connectivity index (χ0) is 14.1. The number of nitrogens with one attached hydrogen (secondary N) is 1. The molecule has 20 heavy (non-hydrogen) atoms. The third-order valence-corrected chi connectivity index (χ3v) is 4.34. The van der Waals surface area contributed by atoms with Crippen molar-refractivity contribution < 1.29 is 9.13 Å². The SMILES string of the molecule is COc1ccc2nc(Nc3ccc(Br)c(F)c3)sc2c1. The van der Waals surface area contributed by atoms with Crippen molar-refractivity contribution >= 4 is 48.3 Å². The number of fused-ring (bicyclic) bond motifs is 1. The van der Waals surface area contributed by atoms with Gasteiger partial charge in [0.1, 0.15) is 11.6 Å². The molecule has 0 saturated heterocycles. The minimum atomic E-state index is -0.308. The lowest BCUT2D eigenvalue weighted by Crippen LogP contribution is -1.90. The van der Waals surface area contributed by atoms with E-state index in [0.717, 1.165) is 21.1 Å². The van der Waals surface area contributed by atoms with Crippen molar-refractivity contribution in [3.8, 4) is 5.75 Å². The molecule has 0 fully saturated rings. The number of anilines is 2. The van der Waals surface area contributed by atoms with Crippen LogP contribution in [0.5, 0.6) is 5.75 Å². The molecule has 0 aliphatic rings. The fourth-order valence-electron chi connectivity index (χ4n) is 1.78. The summed E-state index contributed by atoms with van der Waals surface area (Å²) in [4.78, 5) is 4.45. The lowest BCUT2D eigenvalue weighted by Gasteiger charge is -2.02. The average Bonchev–Trinajstić information content (AvgIpc) is 2.84. The predicted octanol–water partition coefficient (Wildman–Crippen LogP) is 4.95. The molecule has 0 bridgehead atoms. The molecule has 0 aliphatic heterocycles. The highest BCUT2D eigenvalue weighted by atomic mass is 79.9. The maximum absolute atomic E-state index is 13.5. The van der Waals surface area contributed by atoms with Crippen LogP contribution in [0.3, 0.4) is 0 Å². The topological polar surface area (TPSA) is 34.1 Å². The zero-order valence-corrected chi connectivity index (χ0v) is 12.9. The van der Waals surface area contributed by atoms with Crippen molar-refractivity contribution in [2.45, 2.75) is 0 Å². The molecule has 3 rings (SSSR count). The summed E-state index contributed by atoms with van der Waals surface area (Å²) in [7, 11) is 1.63. The van der Waals surface area contributed by atoms with E-state index in [0.29, 0.717) is 10.2 Å². The number of nitrogens with zero attached hydrogens (tertiary/aromatic N) is 1. The number of ether oxygens (including phenoxy) is 1. The van der Waals surface area contributed by atoms with Crippen molar-refractivity contribution in [2.75, 3.05) is 12.4 Å². The Hall–Kier alpha value is -1.66. The summed E-state index contributed by atoms with van der Waals surface area (Å²) in [6.07, 6.45) is 0. The molecule has 3 aromatic rings. The predicted molar refractivity (Wildman–Crippen MR) is 83.6 cm³/mol. The highest BCUT2D eigenvalue weighted by Crippen LogP contribution is 2.31. The molecule has 0 unspecified atom stereocenters. The largest absolute Gasteiger partial charge is 0.497 e. The van der Waals surface area contributed by atoms with Gasteiger partial charge < -0.3 is 10.1 Å². The van der Waals surface area contributed by atoms with Gasteiger partial charge in [0.15, 0.2) is 5.13 Å². The molecule has 0 radical (unpaired) electrons. The Morgan fingerprint density at radius 3 is 2.85 bits per heavy atom. The Labute approximate surface area is 127 Å². The molecule has 1 heterocycles. The van der Waals surface area contributed by atoms with Crippen LogP contribution < -0.4 is 10.1 Å². The van der Waals surface area contributed by atoms with Crippen LogP contribution in [0.4, 0.5) is 15.2 Å². The van der Waals surface area contributed by atoms with Crippen LogP contribution in [0.15, 0.2) is 40.9 Å². The van der Waals surface area contributed by atoms with Gasteiger partial charge in [-0.15, -0.1) is 0 Å². The van der Waals surface area contributed by atoms with Gasteiger partial charge in [0.2, 0.25) is 0 Å². The van der Waals surface area contributed by atoms with Crippen LogP contribution in [0.1, 0.15) is 0 Å². The van der Waals surface area contributed by atoms with Gasteiger partial charge in [0.05, 0.1) is 21.8 Å². The van der Waals surface area contributed by atoms with E-state index in [4.69, 9.17) is 4.74 Å². The van der Waals surface area contributed by atoms with Crippen LogP contribution in [0.2, 0.25) is 0 Å². The molecule has 102 valence electrons. The summed E-state index contributed by atoms with van der Waals surface area (Å²) in [5.41, 5.74) is 1.55. The quantitative estimate of drug-likeness (QED) is 0.723. The lowest BCUT2D eigenvalue weighted by atomic mass is 10.3. The van der Waals surface area contributed by atoms with Gasteiger partial charge in [0.25, 0.3) is 0 Å². The van der Waals surface area contributed by atoms with Crippen molar-refractivity contribution in [3.05, 3.63) is 46.7 Å². The van der Waals surface area contributed by atoms with Gasteiger partial charge in [-0.1, -0.05) is 11.3 Å². The number of hydrogen-bond acceptors (Lipinski definition) is 4. The Morgan fingerprint density at radius 1 is 1.25 bits per heavy atom. The molecular weight excluding hydrogens is 343 g/mol. The Morgan fingerprint density at radius 2 is 2.10 bits per heavy atom. The minimum absolute atomic E-state index is 0.308. The number of rotatable bonds is 3. The Bertz CT molecular complexity index is 775. The molecule has 2 aromatic carbocycles. The van der Waals surface area contributed by atoms with Crippen LogP contribution in [0.25, 0.3) is 10.2 Å². The van der Waals surface area contributed by atoms with Crippen molar-refractivity contribution in [2.24, 2.45) is 0 Å². The summed E-state index contributed by atoms with van der Waals surface area (Å²) >= 11 is 4.62. The van der Waals surface area contributed by atoms with Crippen LogP contribution >= 0.6 is 27.3 Å². The number of thiazole rings is 1. The smallest absolute Gasteiger partial charge is 0.188 e. The lowest BCUT2D eigenvalue weighted by molar-refractivity contribution is 0.415. The van der Waals surface area contributed by atoms with E-state index in [-0.39, 0.29) is 5.82 Å². The van der Waals surface area contributed by atoms with Gasteiger partial charge in [-0.2, -0.15) is 0 Å². The van der Waals surface area contributed by atoms with E-state index in [2.05, 4.69) is 26.2 Å². The summed E-state index contributed by atoms with van der Waals surface area (Å²) in [5.74, 6) is 0.486. The summed E-state index contributed by atoms with van der Waals surface area (Å²) in [6, 6.07) is 10.6. The average molecular weight is 353 g/mol. The highest BCUT2D eigenvalue weighted by molar-refractivity contribution is 9.10. The van der Waals surface area contributed by atoms with E-state index in [1.807, 2.05) is 18.2 Å². The maximum Gasteiger partial charge on any atom is 0.188 e. The molecule has 0 saturated carbocycles. The molecule has 0 amide bonds. The first kappa shape index (κ1) is 13.3. The first-order valence-electron chi connectivity index (χ1n) is 5.82. The van der Waals surface area contributed by atoms with Gasteiger partial charge in [0, 0.05) is 5.69 Å². The first-order chi connectivity index (χ1) is 9.65. The molecule has 0 aliphatic carbocycles. The third kappa shape index (κ3) is 2.62. The van der Waals surface area contributed by atoms with Crippen molar-refractivity contribution in [1.82, 2.24) is 4.98 Å². The molecule has 0 spiro atoms. The van der Waals surface area contributed by atoms with Crippen LogP contribution in [0, 0.1) is 5.82 Å². The fraction of sp³-hybridized carbons (Fsp3) is 0.0714. The van der Waals surface area contributed by atoms with Crippen molar-refractivity contribution in [3.63, 3.8) is 0 Å². The third-order valence-electron chi connectivity index (χ3n) is 2.77. The van der Waals surface area contributed by atoms with Gasteiger partial charge in [-0.25, -0.2) is 9.37 Å². The fourth-order valence-corrected chi connectivity index (χ4v) is 2.94. The zero-order valence-electron chi connectivity index (χ0n) is 10.5. The van der Waals surface area contributed by atoms with E-state index < -0.39 is 0 Å². The number of aromatic nitrogens is 1. The molecule has 1 aromatic heterocycles. The summed E-state index contributed by atoms with van der Waals surface area (Å²) in [6.45, 7) is 0. The Kier molecular flexibility index (Phi) is 3.58.